The first kappa shape index (κ1) is 20.1. The Morgan fingerprint density at radius 3 is 2.60 bits per heavy atom. The summed E-state index contributed by atoms with van der Waals surface area (Å²) < 4.78 is 0. The minimum absolute atomic E-state index is 0.102. The van der Waals surface area contributed by atoms with Gasteiger partial charge in [-0.3, -0.25) is 9.89 Å². The van der Waals surface area contributed by atoms with Crippen molar-refractivity contribution in [3.05, 3.63) is 94.2 Å². The van der Waals surface area contributed by atoms with Crippen molar-refractivity contribution in [1.29, 1.82) is 0 Å². The maximum atomic E-state index is 12.6. The third-order valence-corrected chi connectivity index (χ3v) is 5.87. The number of thiazole rings is 1. The number of carbonyl (C=O) groups excluding carboxylic acids is 1. The Labute approximate surface area is 182 Å². The molecule has 0 radical (unpaired) electrons. The molecule has 0 saturated carbocycles. The highest BCUT2D eigenvalue weighted by molar-refractivity contribution is 7.99. The number of aromatic amines is 1. The van der Waals surface area contributed by atoms with Crippen LogP contribution in [0.15, 0.2) is 77.4 Å². The molecule has 8 heteroatoms. The van der Waals surface area contributed by atoms with Crippen LogP contribution in [-0.2, 0) is 4.79 Å². The molecule has 4 rings (SSSR count). The molecule has 4 aromatic rings. The molecule has 1 amide bonds. The fourth-order valence-electron chi connectivity index (χ4n) is 2.78. The molecule has 0 aliphatic rings. The summed E-state index contributed by atoms with van der Waals surface area (Å²) in [7, 11) is 0. The van der Waals surface area contributed by atoms with Gasteiger partial charge in [0.1, 0.15) is 16.9 Å². The second-order valence-electron chi connectivity index (χ2n) is 6.32. The van der Waals surface area contributed by atoms with Crippen LogP contribution in [0.4, 0.5) is 0 Å². The Morgan fingerprint density at radius 2 is 1.87 bits per heavy atom. The summed E-state index contributed by atoms with van der Waals surface area (Å²) in [5.74, 6) is 0.760. The number of amides is 1. The van der Waals surface area contributed by atoms with Gasteiger partial charge in [-0.05, 0) is 17.2 Å². The number of aromatic nitrogens is 4. The lowest BCUT2D eigenvalue weighted by molar-refractivity contribution is -0.119. The molecular weight excluding hydrogens is 414 g/mol. The van der Waals surface area contributed by atoms with Gasteiger partial charge in [0, 0.05) is 11.6 Å². The highest BCUT2D eigenvalue weighted by Gasteiger charge is 2.19. The van der Waals surface area contributed by atoms with Crippen LogP contribution in [-0.4, -0.2) is 31.8 Å². The van der Waals surface area contributed by atoms with Crippen molar-refractivity contribution in [3.63, 3.8) is 0 Å². The van der Waals surface area contributed by atoms with Crippen LogP contribution in [0.25, 0.3) is 12.2 Å². The lowest BCUT2D eigenvalue weighted by atomic mass is 10.1. The summed E-state index contributed by atoms with van der Waals surface area (Å²) >= 11 is 2.81. The molecular formula is C22H19N5OS2. The van der Waals surface area contributed by atoms with Crippen LogP contribution in [0.2, 0.25) is 0 Å². The molecule has 0 spiro atoms. The number of hydrogen-bond acceptors (Lipinski definition) is 6. The fourth-order valence-corrected chi connectivity index (χ4v) is 4.11. The van der Waals surface area contributed by atoms with Gasteiger partial charge in [-0.25, -0.2) is 9.97 Å². The lowest BCUT2D eigenvalue weighted by Gasteiger charge is -2.16. The van der Waals surface area contributed by atoms with Gasteiger partial charge >= 0.3 is 0 Å². The summed E-state index contributed by atoms with van der Waals surface area (Å²) in [6.07, 6.45) is 5.56. The van der Waals surface area contributed by atoms with Crippen LogP contribution in [0.1, 0.15) is 28.0 Å². The molecule has 2 aromatic carbocycles. The first-order chi connectivity index (χ1) is 14.8. The second kappa shape index (κ2) is 10.00. The molecule has 30 heavy (non-hydrogen) atoms. The van der Waals surface area contributed by atoms with Crippen molar-refractivity contribution in [2.75, 3.05) is 5.75 Å². The first-order valence-electron chi connectivity index (χ1n) is 9.30. The number of carbonyl (C=O) groups is 1. The zero-order valence-electron chi connectivity index (χ0n) is 15.9. The first-order valence-corrected chi connectivity index (χ1v) is 11.2. The van der Waals surface area contributed by atoms with Gasteiger partial charge in [0.15, 0.2) is 0 Å². The van der Waals surface area contributed by atoms with Crippen molar-refractivity contribution < 1.29 is 4.79 Å². The van der Waals surface area contributed by atoms with Crippen molar-refractivity contribution >= 4 is 41.2 Å². The maximum absolute atomic E-state index is 12.6. The molecule has 2 N–H and O–H groups in total. The smallest absolute Gasteiger partial charge is 0.231 e. The molecule has 0 saturated heterocycles. The summed E-state index contributed by atoms with van der Waals surface area (Å²) in [5, 5.41) is 13.4. The Bertz CT molecular complexity index is 1100. The average Bonchev–Trinajstić information content (AvgIpc) is 3.48. The number of rotatable bonds is 8. The number of H-pyrrole nitrogens is 1. The topological polar surface area (TPSA) is 83.6 Å². The lowest BCUT2D eigenvalue weighted by Crippen LogP contribution is -2.30. The number of benzene rings is 2. The Kier molecular flexibility index (Phi) is 6.68. The minimum atomic E-state index is -0.268. The van der Waals surface area contributed by atoms with E-state index in [9.17, 15) is 4.79 Å². The van der Waals surface area contributed by atoms with E-state index in [1.54, 1.807) is 6.20 Å². The number of thioether (sulfide) groups is 1. The van der Waals surface area contributed by atoms with Crippen LogP contribution < -0.4 is 5.32 Å². The second-order valence-corrected chi connectivity index (χ2v) is 8.19. The molecule has 6 nitrogen and oxygen atoms in total. The number of hydrogen-bond donors (Lipinski definition) is 2. The molecule has 1 atom stereocenters. The molecule has 0 aliphatic heterocycles. The molecule has 0 aliphatic carbocycles. The van der Waals surface area contributed by atoms with Gasteiger partial charge in [-0.1, -0.05) is 78.5 Å². The molecule has 1 unspecified atom stereocenters. The largest absolute Gasteiger partial charge is 0.342 e. The predicted molar refractivity (Wildman–Crippen MR) is 121 cm³/mol. The highest BCUT2D eigenvalue weighted by atomic mass is 32.2. The van der Waals surface area contributed by atoms with Crippen LogP contribution in [0, 0.1) is 0 Å². The van der Waals surface area contributed by atoms with Crippen LogP contribution >= 0.6 is 23.1 Å². The Hall–Kier alpha value is -3.23. The zero-order valence-corrected chi connectivity index (χ0v) is 17.6. The standard InChI is InChI=1S/C22H19N5OS2/c28-19(25-20(21-23-13-14-29-21)17-9-5-2-6-10-17)15-30-22-24-18(26-27-22)12-11-16-7-3-1-4-8-16/h1-14,20H,15H2,(H,25,28)(H,24,26,27)/b12-11+. The summed E-state index contributed by atoms with van der Waals surface area (Å²) in [4.78, 5) is 21.4. The van der Waals surface area contributed by atoms with E-state index < -0.39 is 0 Å². The molecule has 0 bridgehead atoms. The van der Waals surface area contributed by atoms with Gasteiger partial charge in [0.05, 0.1) is 5.75 Å². The summed E-state index contributed by atoms with van der Waals surface area (Å²) in [6.45, 7) is 0. The third-order valence-electron chi connectivity index (χ3n) is 4.18. The van der Waals surface area contributed by atoms with E-state index in [0.717, 1.165) is 16.1 Å². The number of nitrogens with zero attached hydrogens (tertiary/aromatic N) is 3. The van der Waals surface area contributed by atoms with E-state index in [1.165, 1.54) is 23.1 Å². The van der Waals surface area contributed by atoms with Crippen LogP contribution in [0.3, 0.4) is 0 Å². The zero-order chi connectivity index (χ0) is 20.6. The fraction of sp³-hybridized carbons (Fsp3) is 0.0909. The van der Waals surface area contributed by atoms with Gasteiger partial charge in [0.25, 0.3) is 0 Å². The van der Waals surface area contributed by atoms with E-state index in [0.29, 0.717) is 11.0 Å². The van der Waals surface area contributed by atoms with E-state index >= 15 is 0 Å². The predicted octanol–water partition coefficient (Wildman–Crippen LogP) is 4.43. The van der Waals surface area contributed by atoms with Gasteiger partial charge in [0.2, 0.25) is 11.1 Å². The van der Waals surface area contributed by atoms with Crippen LogP contribution in [0.5, 0.6) is 0 Å². The van der Waals surface area contributed by atoms with E-state index in [1.807, 2.05) is 78.2 Å². The molecule has 2 aromatic heterocycles. The van der Waals surface area contributed by atoms with Crippen molar-refractivity contribution in [2.24, 2.45) is 0 Å². The monoisotopic (exact) mass is 433 g/mol. The average molecular weight is 434 g/mol. The third kappa shape index (κ3) is 5.43. The van der Waals surface area contributed by atoms with E-state index in [-0.39, 0.29) is 17.7 Å². The van der Waals surface area contributed by atoms with Gasteiger partial charge < -0.3 is 5.32 Å². The Morgan fingerprint density at radius 1 is 1.10 bits per heavy atom. The normalized spacial score (nSPS) is 12.1. The summed E-state index contributed by atoms with van der Waals surface area (Å²) in [6, 6.07) is 19.5. The molecule has 0 fully saturated rings. The van der Waals surface area contributed by atoms with Gasteiger partial charge in [-0.2, -0.15) is 0 Å². The van der Waals surface area contributed by atoms with E-state index in [2.05, 4.69) is 25.5 Å². The molecule has 2 heterocycles. The summed E-state index contributed by atoms with van der Waals surface area (Å²) in [5.41, 5.74) is 2.08. The van der Waals surface area contributed by atoms with E-state index in [4.69, 9.17) is 0 Å². The number of nitrogens with one attached hydrogen (secondary N) is 2. The van der Waals surface area contributed by atoms with Crippen molar-refractivity contribution in [2.45, 2.75) is 11.2 Å². The molecule has 150 valence electrons. The minimum Gasteiger partial charge on any atom is -0.342 e. The SMILES string of the molecule is O=C(CSc1n[nH]c(/C=C/c2ccccc2)n1)NC(c1ccccc1)c1nccs1. The van der Waals surface area contributed by atoms with Crippen molar-refractivity contribution in [3.8, 4) is 0 Å². The maximum Gasteiger partial charge on any atom is 0.231 e. The van der Waals surface area contributed by atoms with Crippen molar-refractivity contribution in [1.82, 2.24) is 25.5 Å². The Balaban J connectivity index is 1.35. The quantitative estimate of drug-likeness (QED) is 0.402. The highest BCUT2D eigenvalue weighted by Crippen LogP contribution is 2.24. The van der Waals surface area contributed by atoms with Gasteiger partial charge in [-0.15, -0.1) is 16.4 Å².